The highest BCUT2D eigenvalue weighted by Gasteiger charge is 2.07. The van der Waals surface area contributed by atoms with Gasteiger partial charge in [-0.25, -0.2) is 0 Å². The van der Waals surface area contributed by atoms with Crippen LogP contribution >= 0.6 is 15.9 Å². The van der Waals surface area contributed by atoms with Crippen LogP contribution in [0.1, 0.15) is 13.3 Å². The maximum Gasteiger partial charge on any atom is 0.127 e. The molecule has 18 heavy (non-hydrogen) atoms. The van der Waals surface area contributed by atoms with Crippen molar-refractivity contribution in [3.8, 4) is 11.5 Å². The molecule has 2 aromatic rings. The maximum absolute atomic E-state index is 5.76. The molecule has 0 spiro atoms. The summed E-state index contributed by atoms with van der Waals surface area (Å²) in [5, 5.41) is 3.04. The Labute approximate surface area is 116 Å². The van der Waals surface area contributed by atoms with Crippen molar-refractivity contribution in [1.82, 2.24) is 0 Å². The molecule has 96 valence electrons. The van der Waals surface area contributed by atoms with Crippen LogP contribution in [-0.4, -0.2) is 18.5 Å². The van der Waals surface area contributed by atoms with Gasteiger partial charge in [-0.05, 0) is 18.6 Å². The monoisotopic (exact) mass is 308 g/mol. The molecule has 2 nitrogen and oxygen atoms in total. The van der Waals surface area contributed by atoms with Crippen molar-refractivity contribution in [2.24, 2.45) is 0 Å². The van der Waals surface area contributed by atoms with Gasteiger partial charge in [-0.3, -0.25) is 0 Å². The van der Waals surface area contributed by atoms with Crippen molar-refractivity contribution in [3.05, 3.63) is 36.4 Å². The molecule has 0 saturated carbocycles. The topological polar surface area (TPSA) is 18.5 Å². The van der Waals surface area contributed by atoms with Crippen LogP contribution in [0.4, 0.5) is 0 Å². The van der Waals surface area contributed by atoms with Crippen LogP contribution in [0.25, 0.3) is 10.8 Å². The second-order valence-electron chi connectivity index (χ2n) is 3.99. The fourth-order valence-electron chi connectivity index (χ4n) is 1.86. The molecule has 2 rings (SSSR count). The predicted octanol–water partition coefficient (Wildman–Crippen LogP) is 4.40. The fourth-order valence-corrected chi connectivity index (χ4v) is 2.02. The zero-order valence-electron chi connectivity index (χ0n) is 10.5. The summed E-state index contributed by atoms with van der Waals surface area (Å²) >= 11 is 3.37. The van der Waals surface area contributed by atoms with E-state index in [9.17, 15) is 0 Å². The minimum absolute atomic E-state index is 0.666. The molecule has 3 heteroatoms. The van der Waals surface area contributed by atoms with Crippen LogP contribution in [0.3, 0.4) is 0 Å². The largest absolute Gasteiger partial charge is 0.493 e. The molecule has 0 aliphatic rings. The van der Waals surface area contributed by atoms with Crippen LogP contribution < -0.4 is 9.47 Å². The third-order valence-electron chi connectivity index (χ3n) is 2.64. The fraction of sp³-hybridized carbons (Fsp3) is 0.333. The molecular weight excluding hydrogens is 292 g/mol. The number of hydrogen-bond acceptors (Lipinski definition) is 2. The lowest BCUT2D eigenvalue weighted by Crippen LogP contribution is -2.00. The number of ether oxygens (including phenoxy) is 2. The van der Waals surface area contributed by atoms with E-state index in [2.05, 4.69) is 35.0 Å². The first-order valence-corrected chi connectivity index (χ1v) is 7.32. The van der Waals surface area contributed by atoms with Crippen LogP contribution in [0.2, 0.25) is 0 Å². The van der Waals surface area contributed by atoms with Gasteiger partial charge in [0.2, 0.25) is 0 Å². The van der Waals surface area contributed by atoms with E-state index in [-0.39, 0.29) is 0 Å². The van der Waals surface area contributed by atoms with Crippen molar-refractivity contribution in [2.75, 3.05) is 18.5 Å². The van der Waals surface area contributed by atoms with E-state index in [1.165, 1.54) is 0 Å². The molecule has 0 saturated heterocycles. The van der Waals surface area contributed by atoms with Crippen molar-refractivity contribution in [3.63, 3.8) is 0 Å². The van der Waals surface area contributed by atoms with Crippen LogP contribution in [0, 0.1) is 0 Å². The highest BCUT2D eigenvalue weighted by molar-refractivity contribution is 9.09. The van der Waals surface area contributed by atoms with Crippen LogP contribution in [0.15, 0.2) is 36.4 Å². The van der Waals surface area contributed by atoms with Crippen molar-refractivity contribution >= 4 is 26.7 Å². The first kappa shape index (κ1) is 13.2. The molecule has 0 aliphatic carbocycles. The molecular formula is C15H17BrO2. The lowest BCUT2D eigenvalue weighted by atomic mass is 10.1. The van der Waals surface area contributed by atoms with Crippen LogP contribution in [-0.2, 0) is 0 Å². The van der Waals surface area contributed by atoms with Crippen LogP contribution in [0.5, 0.6) is 11.5 Å². The first-order valence-electron chi connectivity index (χ1n) is 6.20. The molecule has 0 unspecified atom stereocenters. The minimum Gasteiger partial charge on any atom is -0.493 e. The summed E-state index contributed by atoms with van der Waals surface area (Å²) in [4.78, 5) is 0. The van der Waals surface area contributed by atoms with E-state index in [4.69, 9.17) is 9.47 Å². The van der Waals surface area contributed by atoms with Gasteiger partial charge in [-0.15, -0.1) is 0 Å². The summed E-state index contributed by atoms with van der Waals surface area (Å²) in [6.45, 7) is 3.51. The number of fused-ring (bicyclic) bond motifs is 1. The quantitative estimate of drug-likeness (QED) is 0.736. The number of halogens is 1. The molecule has 0 N–H and O–H groups in total. The van der Waals surface area contributed by atoms with Gasteiger partial charge in [0.1, 0.15) is 11.5 Å². The minimum atomic E-state index is 0.666. The average Bonchev–Trinajstić information content (AvgIpc) is 2.43. The van der Waals surface area contributed by atoms with E-state index in [1.54, 1.807) is 0 Å². The van der Waals surface area contributed by atoms with Crippen molar-refractivity contribution in [1.29, 1.82) is 0 Å². The molecule has 0 radical (unpaired) electrons. The summed E-state index contributed by atoms with van der Waals surface area (Å²) < 4.78 is 11.5. The number of benzene rings is 2. The van der Waals surface area contributed by atoms with Crippen molar-refractivity contribution < 1.29 is 9.47 Å². The SMILES string of the molecule is CCCOc1ccc(OCCBr)c2ccccc12. The molecule has 0 heterocycles. The molecule has 0 aliphatic heterocycles. The second-order valence-corrected chi connectivity index (χ2v) is 4.79. The zero-order valence-corrected chi connectivity index (χ0v) is 12.1. The Balaban J connectivity index is 2.38. The third kappa shape index (κ3) is 2.96. The standard InChI is InChI=1S/C15H17BrO2/c1-2-10-17-14-7-8-15(18-11-9-16)13-6-4-3-5-12(13)14/h3-8H,2,9-11H2,1H3. The van der Waals surface area contributed by atoms with Gasteiger partial charge < -0.3 is 9.47 Å². The lowest BCUT2D eigenvalue weighted by Gasteiger charge is -2.12. The normalized spacial score (nSPS) is 10.6. The number of rotatable bonds is 6. The lowest BCUT2D eigenvalue weighted by molar-refractivity contribution is 0.319. The smallest absolute Gasteiger partial charge is 0.127 e. The van der Waals surface area contributed by atoms with Gasteiger partial charge >= 0.3 is 0 Å². The Morgan fingerprint density at radius 1 is 0.889 bits per heavy atom. The van der Waals surface area contributed by atoms with E-state index < -0.39 is 0 Å². The Hall–Kier alpha value is -1.22. The van der Waals surface area contributed by atoms with E-state index in [1.807, 2.05) is 24.3 Å². The Bertz CT molecular complexity index is 464. The van der Waals surface area contributed by atoms with Gasteiger partial charge in [-0.1, -0.05) is 47.1 Å². The number of alkyl halides is 1. The zero-order chi connectivity index (χ0) is 12.8. The summed E-state index contributed by atoms with van der Waals surface area (Å²) in [5.41, 5.74) is 0. The number of hydrogen-bond donors (Lipinski definition) is 0. The summed E-state index contributed by atoms with van der Waals surface area (Å²) in [6.07, 6.45) is 1.01. The maximum atomic E-state index is 5.76. The van der Waals surface area contributed by atoms with Gasteiger partial charge in [0.15, 0.2) is 0 Å². The molecule has 2 aromatic carbocycles. The average molecular weight is 309 g/mol. The third-order valence-corrected chi connectivity index (χ3v) is 2.96. The Kier molecular flexibility index (Phi) is 4.88. The molecule has 0 fully saturated rings. The van der Waals surface area contributed by atoms with E-state index >= 15 is 0 Å². The van der Waals surface area contributed by atoms with Gasteiger partial charge in [0.25, 0.3) is 0 Å². The molecule has 0 aromatic heterocycles. The van der Waals surface area contributed by atoms with Gasteiger partial charge in [0.05, 0.1) is 13.2 Å². The predicted molar refractivity (Wildman–Crippen MR) is 79.0 cm³/mol. The Morgan fingerprint density at radius 3 is 1.94 bits per heavy atom. The van der Waals surface area contributed by atoms with E-state index in [0.29, 0.717) is 6.61 Å². The summed E-state index contributed by atoms with van der Waals surface area (Å²) in [6, 6.07) is 12.2. The molecule has 0 atom stereocenters. The second kappa shape index (κ2) is 6.64. The highest BCUT2D eigenvalue weighted by Crippen LogP contribution is 2.33. The summed E-state index contributed by atoms with van der Waals surface area (Å²) in [5.74, 6) is 1.84. The van der Waals surface area contributed by atoms with Gasteiger partial charge in [0, 0.05) is 16.1 Å². The molecule has 0 bridgehead atoms. The Morgan fingerprint density at radius 2 is 1.44 bits per heavy atom. The first-order chi connectivity index (χ1) is 8.86. The van der Waals surface area contributed by atoms with Gasteiger partial charge in [-0.2, -0.15) is 0 Å². The molecule has 0 amide bonds. The van der Waals surface area contributed by atoms with E-state index in [0.717, 1.165) is 40.6 Å². The highest BCUT2D eigenvalue weighted by atomic mass is 79.9. The summed E-state index contributed by atoms with van der Waals surface area (Å²) in [7, 11) is 0. The van der Waals surface area contributed by atoms with Crippen molar-refractivity contribution in [2.45, 2.75) is 13.3 Å².